The molecule has 0 bridgehead atoms. The van der Waals surface area contributed by atoms with Gasteiger partial charge < -0.3 is 10.6 Å². The Morgan fingerprint density at radius 2 is 1.93 bits per heavy atom. The fraction of sp³-hybridized carbons (Fsp3) is 0.900. The molecule has 0 aliphatic carbocycles. The smallest absolute Gasteiger partial charge is 0.109 e. The monoisotopic (exact) mass is 253 g/mol. The Kier molecular flexibility index (Phi) is 9.26. The van der Waals surface area contributed by atoms with Gasteiger partial charge >= 0.3 is 0 Å². The lowest BCUT2D eigenvalue weighted by molar-refractivity contribution is 0.228. The van der Waals surface area contributed by atoms with E-state index < -0.39 is 0 Å². The van der Waals surface area contributed by atoms with Crippen LogP contribution in [0, 0.1) is 0 Å². The summed E-state index contributed by atoms with van der Waals surface area (Å²) in [5, 5.41) is 0. The number of rotatable bonds is 5. The minimum atomic E-state index is 0. The van der Waals surface area contributed by atoms with Crippen molar-refractivity contribution in [3.05, 3.63) is 0 Å². The van der Waals surface area contributed by atoms with E-state index in [1.165, 1.54) is 32.4 Å². The molecule has 0 aromatic rings. The highest BCUT2D eigenvalue weighted by Crippen LogP contribution is 2.08. The molecule has 1 heterocycles. The lowest BCUT2D eigenvalue weighted by atomic mass is 10.1. The van der Waals surface area contributed by atoms with Gasteiger partial charge in [0, 0.05) is 6.54 Å². The molecule has 1 saturated heterocycles. The van der Waals surface area contributed by atoms with Crippen LogP contribution in [0.4, 0.5) is 0 Å². The van der Waals surface area contributed by atoms with Gasteiger partial charge in [0.05, 0.1) is 5.88 Å². The van der Waals surface area contributed by atoms with E-state index in [9.17, 15) is 0 Å². The van der Waals surface area contributed by atoms with E-state index in [4.69, 9.17) is 17.3 Å². The molecule has 15 heavy (non-hydrogen) atoms. The quantitative estimate of drug-likeness (QED) is 0.352. The molecule has 0 aromatic heterocycles. The van der Waals surface area contributed by atoms with Crippen LogP contribution in [0.25, 0.3) is 0 Å². The minimum Gasteiger partial charge on any atom is -0.386 e. The highest BCUT2D eigenvalue weighted by atomic mass is 35.5. The lowest BCUT2D eigenvalue weighted by Crippen LogP contribution is -2.31. The Morgan fingerprint density at radius 3 is 2.53 bits per heavy atom. The molecule has 90 valence electrons. The molecule has 1 aliphatic rings. The topological polar surface area (TPSA) is 41.6 Å². The fourth-order valence-corrected chi connectivity index (χ4v) is 1.83. The van der Waals surface area contributed by atoms with Gasteiger partial charge in [-0.25, -0.2) is 0 Å². The van der Waals surface area contributed by atoms with Crippen molar-refractivity contribution in [1.82, 2.24) is 4.90 Å². The first-order valence-corrected chi connectivity index (χ1v) is 5.93. The van der Waals surface area contributed by atoms with Crippen molar-refractivity contribution in [1.29, 1.82) is 0 Å². The summed E-state index contributed by atoms with van der Waals surface area (Å²) in [5.41, 5.74) is 5.50. The summed E-state index contributed by atoms with van der Waals surface area (Å²) in [6, 6.07) is 0. The van der Waals surface area contributed by atoms with E-state index in [1.54, 1.807) is 0 Å². The summed E-state index contributed by atoms with van der Waals surface area (Å²) in [6.45, 7) is 4.48. The number of piperidine rings is 1. The number of hydrogen-bond acceptors (Lipinski definition) is 2. The van der Waals surface area contributed by atoms with Crippen molar-refractivity contribution in [2.75, 3.05) is 32.1 Å². The van der Waals surface area contributed by atoms with Crippen LogP contribution in [0.5, 0.6) is 0 Å². The number of hydrogen-bond donors (Lipinski definition) is 1. The van der Waals surface area contributed by atoms with Gasteiger partial charge in [0.25, 0.3) is 0 Å². The van der Waals surface area contributed by atoms with E-state index in [2.05, 4.69) is 9.89 Å². The lowest BCUT2D eigenvalue weighted by Gasteiger charge is -2.25. The second-order valence-corrected chi connectivity index (χ2v) is 4.03. The minimum absolute atomic E-state index is 0. The van der Waals surface area contributed by atoms with Crippen molar-refractivity contribution in [3.8, 4) is 0 Å². The molecule has 0 atom stereocenters. The summed E-state index contributed by atoms with van der Waals surface area (Å²) in [7, 11) is 0. The summed E-state index contributed by atoms with van der Waals surface area (Å²) in [5.74, 6) is 0.911. The first kappa shape index (κ1) is 15.0. The molecule has 5 heteroatoms. The van der Waals surface area contributed by atoms with Crippen molar-refractivity contribution >= 4 is 29.8 Å². The Balaban J connectivity index is 0.00000196. The molecule has 1 aliphatic heterocycles. The van der Waals surface area contributed by atoms with Crippen molar-refractivity contribution < 1.29 is 0 Å². The molecule has 1 fully saturated rings. The van der Waals surface area contributed by atoms with Crippen molar-refractivity contribution in [2.45, 2.75) is 25.7 Å². The van der Waals surface area contributed by atoms with Crippen LogP contribution in [-0.4, -0.2) is 42.8 Å². The summed E-state index contributed by atoms with van der Waals surface area (Å²) < 4.78 is 0. The fourth-order valence-electron chi connectivity index (χ4n) is 1.74. The Bertz CT molecular complexity index is 180. The third kappa shape index (κ3) is 6.98. The molecule has 0 radical (unpaired) electrons. The van der Waals surface area contributed by atoms with Gasteiger partial charge in [0.2, 0.25) is 0 Å². The highest BCUT2D eigenvalue weighted by Gasteiger charge is 2.08. The summed E-state index contributed by atoms with van der Waals surface area (Å²) >= 11 is 5.51. The van der Waals surface area contributed by atoms with Gasteiger partial charge in [0.1, 0.15) is 5.84 Å². The molecule has 0 unspecified atom stereocenters. The number of amidine groups is 1. The molecule has 0 amide bonds. The summed E-state index contributed by atoms with van der Waals surface area (Å²) in [4.78, 5) is 6.67. The van der Waals surface area contributed by atoms with Gasteiger partial charge in [-0.1, -0.05) is 6.42 Å². The van der Waals surface area contributed by atoms with Gasteiger partial charge in [-0.3, -0.25) is 4.99 Å². The predicted molar refractivity (Wildman–Crippen MR) is 69.4 cm³/mol. The largest absolute Gasteiger partial charge is 0.386 e. The maximum absolute atomic E-state index is 5.51. The zero-order valence-electron chi connectivity index (χ0n) is 9.12. The number of nitrogens with zero attached hydrogens (tertiary/aromatic N) is 2. The maximum atomic E-state index is 5.51. The first-order chi connectivity index (χ1) is 6.83. The number of aliphatic imine (C=N–C) groups is 1. The van der Waals surface area contributed by atoms with E-state index in [1.807, 2.05) is 0 Å². The molecule has 0 spiro atoms. The Hall–Kier alpha value is 0.01000. The van der Waals surface area contributed by atoms with Crippen LogP contribution in [0.2, 0.25) is 0 Å². The van der Waals surface area contributed by atoms with Crippen LogP contribution in [0.3, 0.4) is 0 Å². The molecule has 3 nitrogen and oxygen atoms in total. The Morgan fingerprint density at radius 1 is 1.27 bits per heavy atom. The van der Waals surface area contributed by atoms with Gasteiger partial charge in [-0.05, 0) is 38.9 Å². The normalized spacial score (nSPS) is 18.6. The highest BCUT2D eigenvalue weighted by molar-refractivity contribution is 6.27. The average molecular weight is 254 g/mol. The van der Waals surface area contributed by atoms with Crippen LogP contribution < -0.4 is 5.73 Å². The predicted octanol–water partition coefficient (Wildman–Crippen LogP) is 1.88. The second-order valence-electron chi connectivity index (χ2n) is 3.76. The number of likely N-dealkylation sites (tertiary alicyclic amines) is 1. The van der Waals surface area contributed by atoms with Gasteiger partial charge in [-0.15, -0.1) is 24.0 Å². The first-order valence-electron chi connectivity index (χ1n) is 5.40. The average Bonchev–Trinajstić information content (AvgIpc) is 2.25. The van der Waals surface area contributed by atoms with Crippen LogP contribution in [-0.2, 0) is 0 Å². The van der Waals surface area contributed by atoms with Gasteiger partial charge in [0.15, 0.2) is 0 Å². The maximum Gasteiger partial charge on any atom is 0.109 e. The SMILES string of the molecule is Cl.NC(CCl)=NCCCN1CCCCC1. The van der Waals surface area contributed by atoms with Gasteiger partial charge in [-0.2, -0.15) is 0 Å². The standard InChI is InChI=1S/C10H20ClN3.ClH/c11-9-10(12)13-5-4-8-14-6-2-1-3-7-14;/h1-9H2,(H2,12,13);1H. The van der Waals surface area contributed by atoms with Crippen LogP contribution in [0.1, 0.15) is 25.7 Å². The summed E-state index contributed by atoms with van der Waals surface area (Å²) in [6.07, 6.45) is 5.20. The van der Waals surface area contributed by atoms with Crippen LogP contribution in [0.15, 0.2) is 4.99 Å². The second kappa shape index (κ2) is 9.25. The van der Waals surface area contributed by atoms with E-state index in [-0.39, 0.29) is 12.4 Å². The van der Waals surface area contributed by atoms with E-state index >= 15 is 0 Å². The van der Waals surface area contributed by atoms with Crippen LogP contribution >= 0.6 is 24.0 Å². The zero-order valence-corrected chi connectivity index (χ0v) is 10.7. The molecule has 0 saturated carbocycles. The third-order valence-corrected chi connectivity index (χ3v) is 2.81. The number of alkyl halides is 1. The van der Waals surface area contributed by atoms with Crippen molar-refractivity contribution in [3.63, 3.8) is 0 Å². The van der Waals surface area contributed by atoms with Crippen molar-refractivity contribution in [2.24, 2.45) is 10.7 Å². The number of halogens is 2. The Labute approximate surface area is 103 Å². The zero-order chi connectivity index (χ0) is 10.2. The molecule has 0 aromatic carbocycles. The molecular formula is C10H21Cl2N3. The third-order valence-electron chi connectivity index (χ3n) is 2.53. The molecular weight excluding hydrogens is 233 g/mol. The van der Waals surface area contributed by atoms with E-state index in [0.29, 0.717) is 11.7 Å². The molecule has 1 rings (SSSR count). The number of nitrogens with two attached hydrogens (primary N) is 1. The molecule has 2 N–H and O–H groups in total. The van der Waals surface area contributed by atoms with E-state index in [0.717, 1.165) is 19.5 Å².